The summed E-state index contributed by atoms with van der Waals surface area (Å²) in [5.41, 5.74) is 3.48. The summed E-state index contributed by atoms with van der Waals surface area (Å²) in [6, 6.07) is 0. The minimum absolute atomic E-state index is 0.0851. The van der Waals surface area contributed by atoms with Crippen LogP contribution in [0.15, 0.2) is 48.1 Å². The molecule has 1 heteroatoms. The van der Waals surface area contributed by atoms with Gasteiger partial charge in [0.05, 0.1) is 0 Å². The van der Waals surface area contributed by atoms with E-state index in [-0.39, 0.29) is 10.8 Å². The van der Waals surface area contributed by atoms with E-state index in [1.54, 1.807) is 5.57 Å². The van der Waals surface area contributed by atoms with Gasteiger partial charge in [-0.2, -0.15) is 0 Å². The zero-order chi connectivity index (χ0) is 16.5. The van der Waals surface area contributed by atoms with Gasteiger partial charge in [-0.15, -0.1) is 6.58 Å². The van der Waals surface area contributed by atoms with Crippen LogP contribution in [-0.4, -0.2) is 5.78 Å². The first-order chi connectivity index (χ1) is 10.8. The normalized spacial score (nSPS) is 48.0. The summed E-state index contributed by atoms with van der Waals surface area (Å²) in [6.07, 6.45) is 16.7. The molecule has 23 heavy (non-hydrogen) atoms. The number of hydrogen-bond acceptors (Lipinski definition) is 1. The Morgan fingerprint density at radius 3 is 2.78 bits per heavy atom. The van der Waals surface area contributed by atoms with E-state index in [1.165, 1.54) is 18.4 Å². The van der Waals surface area contributed by atoms with Gasteiger partial charge in [-0.05, 0) is 54.1 Å². The highest BCUT2D eigenvalue weighted by molar-refractivity contribution is 5.92. The lowest BCUT2D eigenvalue weighted by Crippen LogP contribution is -2.45. The molecule has 4 rings (SSSR count). The number of ketones is 1. The number of allylic oxidation sites excluding steroid dienone is 7. The maximum absolute atomic E-state index is 11.8. The SMILES string of the molecule is C=C[C@]1(C)CCC2C3C=CC4=CC(=O)CC[C@]4(C)C3=CCC21C. The van der Waals surface area contributed by atoms with Crippen LogP contribution < -0.4 is 0 Å². The smallest absolute Gasteiger partial charge is 0.156 e. The molecule has 1 fully saturated rings. The van der Waals surface area contributed by atoms with Gasteiger partial charge in [-0.1, -0.05) is 50.6 Å². The Morgan fingerprint density at radius 2 is 2.04 bits per heavy atom. The molecule has 3 unspecified atom stereocenters. The molecule has 0 radical (unpaired) electrons. The molecule has 0 bridgehead atoms. The van der Waals surface area contributed by atoms with Gasteiger partial charge in [0.2, 0.25) is 0 Å². The average Bonchev–Trinajstić information content (AvgIpc) is 2.80. The predicted octanol–water partition coefficient (Wildman–Crippen LogP) is 5.41. The summed E-state index contributed by atoms with van der Waals surface area (Å²) in [5, 5.41) is 0. The second kappa shape index (κ2) is 4.59. The molecular weight excluding hydrogens is 280 g/mol. The lowest BCUT2D eigenvalue weighted by molar-refractivity contribution is -0.115. The van der Waals surface area contributed by atoms with Gasteiger partial charge in [0, 0.05) is 17.8 Å². The number of rotatable bonds is 1. The third kappa shape index (κ3) is 1.77. The van der Waals surface area contributed by atoms with Crippen LogP contribution in [0.25, 0.3) is 0 Å². The predicted molar refractivity (Wildman–Crippen MR) is 94.9 cm³/mol. The summed E-state index contributed by atoms with van der Waals surface area (Å²) in [7, 11) is 0. The number of carbonyl (C=O) groups excluding carboxylic acids is 1. The molecule has 0 heterocycles. The quantitative estimate of drug-likeness (QED) is 0.592. The Morgan fingerprint density at radius 1 is 1.26 bits per heavy atom. The highest BCUT2D eigenvalue weighted by Crippen LogP contribution is 2.67. The molecular formula is C22H28O. The van der Waals surface area contributed by atoms with Gasteiger partial charge in [0.15, 0.2) is 5.78 Å². The first kappa shape index (κ1) is 15.2. The minimum Gasteiger partial charge on any atom is -0.295 e. The number of carbonyl (C=O) groups is 1. The molecule has 0 saturated heterocycles. The third-order valence-electron chi connectivity index (χ3n) is 8.03. The van der Waals surface area contributed by atoms with Crippen molar-refractivity contribution in [1.29, 1.82) is 0 Å². The van der Waals surface area contributed by atoms with Crippen molar-refractivity contribution in [2.24, 2.45) is 28.1 Å². The minimum atomic E-state index is 0.0851. The molecule has 0 aromatic heterocycles. The Hall–Kier alpha value is -1.37. The van der Waals surface area contributed by atoms with Crippen molar-refractivity contribution in [3.8, 4) is 0 Å². The van der Waals surface area contributed by atoms with Crippen LogP contribution in [0.5, 0.6) is 0 Å². The molecule has 5 atom stereocenters. The van der Waals surface area contributed by atoms with E-state index >= 15 is 0 Å². The van der Waals surface area contributed by atoms with Crippen molar-refractivity contribution in [1.82, 2.24) is 0 Å². The lowest BCUT2D eigenvalue weighted by Gasteiger charge is -2.53. The van der Waals surface area contributed by atoms with Crippen LogP contribution in [0.3, 0.4) is 0 Å². The Bertz CT molecular complexity index is 678. The van der Waals surface area contributed by atoms with Crippen molar-refractivity contribution >= 4 is 5.78 Å². The zero-order valence-corrected chi connectivity index (χ0v) is 14.7. The summed E-state index contributed by atoms with van der Waals surface area (Å²) in [6.45, 7) is 11.4. The van der Waals surface area contributed by atoms with Gasteiger partial charge in [-0.25, -0.2) is 0 Å². The van der Waals surface area contributed by atoms with Crippen LogP contribution in [0.1, 0.15) is 52.9 Å². The summed E-state index contributed by atoms with van der Waals surface area (Å²) < 4.78 is 0. The van der Waals surface area contributed by atoms with Crippen LogP contribution in [0, 0.1) is 28.1 Å². The van der Waals surface area contributed by atoms with Crippen LogP contribution >= 0.6 is 0 Å². The number of fused-ring (bicyclic) bond motifs is 5. The zero-order valence-electron chi connectivity index (χ0n) is 14.7. The molecule has 0 N–H and O–H groups in total. The van der Waals surface area contributed by atoms with E-state index in [4.69, 9.17) is 0 Å². The largest absolute Gasteiger partial charge is 0.295 e. The molecule has 0 aromatic carbocycles. The van der Waals surface area contributed by atoms with Gasteiger partial charge in [-0.3, -0.25) is 4.79 Å². The molecule has 0 spiro atoms. The molecule has 1 saturated carbocycles. The van der Waals surface area contributed by atoms with Crippen molar-refractivity contribution in [3.63, 3.8) is 0 Å². The number of hydrogen-bond donors (Lipinski definition) is 0. The van der Waals surface area contributed by atoms with Gasteiger partial charge >= 0.3 is 0 Å². The second-order valence-corrected chi connectivity index (χ2v) is 8.83. The van der Waals surface area contributed by atoms with E-state index in [1.807, 2.05) is 6.08 Å². The van der Waals surface area contributed by atoms with E-state index in [0.29, 0.717) is 29.5 Å². The third-order valence-corrected chi connectivity index (χ3v) is 8.03. The van der Waals surface area contributed by atoms with Crippen molar-refractivity contribution in [2.45, 2.75) is 52.9 Å². The summed E-state index contributed by atoms with van der Waals surface area (Å²) in [5.74, 6) is 1.55. The Labute approximate surface area is 140 Å². The molecule has 122 valence electrons. The van der Waals surface area contributed by atoms with Crippen LogP contribution in [0.2, 0.25) is 0 Å². The van der Waals surface area contributed by atoms with Crippen LogP contribution in [0.4, 0.5) is 0 Å². The van der Waals surface area contributed by atoms with Crippen molar-refractivity contribution < 1.29 is 4.79 Å². The van der Waals surface area contributed by atoms with Gasteiger partial charge in [0.25, 0.3) is 0 Å². The van der Waals surface area contributed by atoms with E-state index in [9.17, 15) is 4.79 Å². The highest BCUT2D eigenvalue weighted by atomic mass is 16.1. The standard InChI is InChI=1S/C22H28O/c1-5-20(2)11-9-19-17-7-6-15-14-16(23)8-12-21(15,3)18(17)10-13-22(19,20)4/h5-7,10,14,17,19H,1,8-9,11-13H2,2-4H3/t17?,19?,20-,21+,22?/m1/s1. The summed E-state index contributed by atoms with van der Waals surface area (Å²) >= 11 is 0. The maximum atomic E-state index is 11.8. The Balaban J connectivity index is 1.81. The molecule has 0 amide bonds. The molecule has 4 aliphatic rings. The molecule has 0 aliphatic heterocycles. The highest BCUT2D eigenvalue weighted by Gasteiger charge is 2.58. The van der Waals surface area contributed by atoms with E-state index < -0.39 is 0 Å². The monoisotopic (exact) mass is 308 g/mol. The fraction of sp³-hybridized carbons (Fsp3) is 0.591. The van der Waals surface area contributed by atoms with E-state index in [0.717, 1.165) is 12.8 Å². The second-order valence-electron chi connectivity index (χ2n) is 8.83. The average molecular weight is 308 g/mol. The van der Waals surface area contributed by atoms with Gasteiger partial charge in [0.1, 0.15) is 0 Å². The van der Waals surface area contributed by atoms with Gasteiger partial charge < -0.3 is 0 Å². The van der Waals surface area contributed by atoms with Crippen LogP contribution in [-0.2, 0) is 4.79 Å². The lowest BCUT2D eigenvalue weighted by atomic mass is 9.51. The first-order valence-corrected chi connectivity index (χ1v) is 9.11. The molecule has 4 aliphatic carbocycles. The summed E-state index contributed by atoms with van der Waals surface area (Å²) in [4.78, 5) is 11.8. The Kier molecular flexibility index (Phi) is 3.03. The fourth-order valence-corrected chi connectivity index (χ4v) is 5.96. The molecule has 0 aromatic rings. The fourth-order valence-electron chi connectivity index (χ4n) is 5.96. The topological polar surface area (TPSA) is 17.1 Å². The van der Waals surface area contributed by atoms with Crippen molar-refractivity contribution in [3.05, 3.63) is 48.1 Å². The molecule has 1 nitrogen and oxygen atoms in total. The van der Waals surface area contributed by atoms with E-state index in [2.05, 4.69) is 51.7 Å². The van der Waals surface area contributed by atoms with Crippen molar-refractivity contribution in [2.75, 3.05) is 0 Å². The first-order valence-electron chi connectivity index (χ1n) is 9.11. The maximum Gasteiger partial charge on any atom is 0.156 e.